The Hall–Kier alpha value is -3.35. The van der Waals surface area contributed by atoms with Crippen LogP contribution >= 0.6 is 0 Å². The number of rotatable bonds is 3. The van der Waals surface area contributed by atoms with Gasteiger partial charge in [-0.3, -0.25) is 14.8 Å². The van der Waals surface area contributed by atoms with Gasteiger partial charge in [0, 0.05) is 23.9 Å². The van der Waals surface area contributed by atoms with Crippen LogP contribution in [0.3, 0.4) is 0 Å². The molecule has 3 aromatic rings. The average Bonchev–Trinajstić information content (AvgIpc) is 3.07. The summed E-state index contributed by atoms with van der Waals surface area (Å²) in [6, 6.07) is 10.3. The zero-order valence-corrected chi connectivity index (χ0v) is 15.2. The predicted octanol–water partition coefficient (Wildman–Crippen LogP) is 3.40. The summed E-state index contributed by atoms with van der Waals surface area (Å²) in [5.74, 6) is -1.51. The van der Waals surface area contributed by atoms with Crippen LogP contribution in [0.25, 0.3) is 11.3 Å². The largest absolute Gasteiger partial charge is 0.397 e. The third-order valence-corrected chi connectivity index (χ3v) is 4.80. The Morgan fingerprint density at radius 2 is 1.93 bits per heavy atom. The predicted molar refractivity (Wildman–Crippen MR) is 101 cm³/mol. The Labute approximate surface area is 160 Å². The molecule has 0 spiro atoms. The van der Waals surface area contributed by atoms with E-state index in [4.69, 9.17) is 5.73 Å². The number of anilines is 1. The minimum absolute atomic E-state index is 0.00451. The topological polar surface area (TPSA) is 72.1 Å². The van der Waals surface area contributed by atoms with Crippen LogP contribution in [0, 0.1) is 18.6 Å². The van der Waals surface area contributed by atoms with Crippen molar-refractivity contribution in [3.63, 3.8) is 0 Å². The SMILES string of the molecule is Cc1ccc2c(n1)CN(C(=O)Cc1nc(-c3ccc(F)cc3F)ccc1N)C2. The molecule has 7 heteroatoms. The monoisotopic (exact) mass is 380 g/mol. The van der Waals surface area contributed by atoms with Crippen molar-refractivity contribution in [3.8, 4) is 11.3 Å². The Kier molecular flexibility index (Phi) is 4.50. The highest BCUT2D eigenvalue weighted by Gasteiger charge is 2.25. The number of pyridine rings is 2. The number of nitrogen functional groups attached to an aromatic ring is 1. The Morgan fingerprint density at radius 3 is 2.71 bits per heavy atom. The summed E-state index contributed by atoms with van der Waals surface area (Å²) in [5, 5.41) is 0. The van der Waals surface area contributed by atoms with E-state index in [0.717, 1.165) is 29.1 Å². The van der Waals surface area contributed by atoms with Gasteiger partial charge >= 0.3 is 0 Å². The van der Waals surface area contributed by atoms with Crippen LogP contribution in [-0.2, 0) is 24.3 Å². The molecule has 4 rings (SSSR count). The normalized spacial score (nSPS) is 12.9. The molecule has 0 saturated carbocycles. The van der Waals surface area contributed by atoms with Crippen LogP contribution in [0.1, 0.15) is 22.6 Å². The summed E-state index contributed by atoms with van der Waals surface area (Å²) in [4.78, 5) is 23.3. The fourth-order valence-corrected chi connectivity index (χ4v) is 3.29. The van der Waals surface area contributed by atoms with Crippen LogP contribution in [0.2, 0.25) is 0 Å². The first kappa shape index (κ1) is 18.0. The molecule has 2 aromatic heterocycles. The number of carbonyl (C=O) groups is 1. The summed E-state index contributed by atoms with van der Waals surface area (Å²) in [6.07, 6.45) is -0.00451. The maximum absolute atomic E-state index is 14.1. The molecular weight excluding hydrogens is 362 g/mol. The molecule has 1 aliphatic rings. The number of nitrogens with zero attached hydrogens (tertiary/aromatic N) is 3. The molecule has 0 bridgehead atoms. The van der Waals surface area contributed by atoms with Gasteiger partial charge in [0.2, 0.25) is 5.91 Å². The van der Waals surface area contributed by atoms with E-state index in [0.29, 0.717) is 30.2 Å². The van der Waals surface area contributed by atoms with Crippen LogP contribution in [0.4, 0.5) is 14.5 Å². The fourth-order valence-electron chi connectivity index (χ4n) is 3.29. The number of halogens is 2. The van der Waals surface area contributed by atoms with Crippen molar-refractivity contribution < 1.29 is 13.6 Å². The van der Waals surface area contributed by atoms with Crippen molar-refractivity contribution in [1.82, 2.24) is 14.9 Å². The van der Waals surface area contributed by atoms with Crippen LogP contribution < -0.4 is 5.73 Å². The molecule has 28 heavy (non-hydrogen) atoms. The maximum Gasteiger partial charge on any atom is 0.229 e. The molecule has 3 heterocycles. The van der Waals surface area contributed by atoms with Crippen molar-refractivity contribution in [3.05, 3.63) is 76.7 Å². The number of hydrogen-bond donors (Lipinski definition) is 1. The average molecular weight is 380 g/mol. The second-order valence-corrected chi connectivity index (χ2v) is 6.84. The molecule has 0 radical (unpaired) electrons. The standard InChI is InChI=1S/C21H18F2N4O/c1-12-2-3-13-10-27(11-20(13)25-12)21(28)9-19-17(24)6-7-18(26-19)15-5-4-14(22)8-16(15)23/h2-8H,9-11,24H2,1H3. The highest BCUT2D eigenvalue weighted by Crippen LogP contribution is 2.26. The van der Waals surface area contributed by atoms with Gasteiger partial charge in [-0.15, -0.1) is 0 Å². The molecule has 1 amide bonds. The van der Waals surface area contributed by atoms with Gasteiger partial charge in [0.05, 0.1) is 35.7 Å². The number of fused-ring (bicyclic) bond motifs is 1. The number of hydrogen-bond acceptors (Lipinski definition) is 4. The second kappa shape index (κ2) is 6.99. The van der Waals surface area contributed by atoms with Gasteiger partial charge in [0.1, 0.15) is 11.6 Å². The third-order valence-electron chi connectivity index (χ3n) is 4.80. The molecule has 0 atom stereocenters. The van der Waals surface area contributed by atoms with E-state index in [2.05, 4.69) is 9.97 Å². The van der Waals surface area contributed by atoms with E-state index in [1.54, 1.807) is 17.0 Å². The smallest absolute Gasteiger partial charge is 0.229 e. The first-order valence-electron chi connectivity index (χ1n) is 8.84. The van der Waals surface area contributed by atoms with Gasteiger partial charge in [-0.1, -0.05) is 6.07 Å². The van der Waals surface area contributed by atoms with Crippen LogP contribution in [0.15, 0.2) is 42.5 Å². The zero-order valence-electron chi connectivity index (χ0n) is 15.2. The summed E-state index contributed by atoms with van der Waals surface area (Å²) < 4.78 is 27.2. The van der Waals surface area contributed by atoms with Crippen molar-refractivity contribution in [2.45, 2.75) is 26.4 Å². The number of amides is 1. The molecular formula is C21H18F2N4O. The number of benzene rings is 1. The van der Waals surface area contributed by atoms with E-state index in [1.807, 2.05) is 19.1 Å². The molecule has 142 valence electrons. The van der Waals surface area contributed by atoms with Gasteiger partial charge in [-0.05, 0) is 42.8 Å². The number of aryl methyl sites for hydroxylation is 1. The molecule has 0 unspecified atom stereocenters. The Balaban J connectivity index is 1.56. The van der Waals surface area contributed by atoms with E-state index in [1.165, 1.54) is 6.07 Å². The van der Waals surface area contributed by atoms with E-state index < -0.39 is 11.6 Å². The van der Waals surface area contributed by atoms with E-state index in [9.17, 15) is 13.6 Å². The lowest BCUT2D eigenvalue weighted by Crippen LogP contribution is -2.27. The molecule has 1 aromatic carbocycles. The first-order chi connectivity index (χ1) is 13.4. The molecule has 1 aliphatic heterocycles. The summed E-state index contributed by atoms with van der Waals surface area (Å²) in [5.41, 5.74) is 10.00. The van der Waals surface area contributed by atoms with Gasteiger partial charge in [0.15, 0.2) is 0 Å². The van der Waals surface area contributed by atoms with Gasteiger partial charge in [-0.2, -0.15) is 0 Å². The molecule has 0 aliphatic carbocycles. The van der Waals surface area contributed by atoms with Gasteiger partial charge in [0.25, 0.3) is 0 Å². The van der Waals surface area contributed by atoms with E-state index in [-0.39, 0.29) is 17.9 Å². The number of nitrogens with two attached hydrogens (primary N) is 1. The minimum atomic E-state index is -0.717. The highest BCUT2D eigenvalue weighted by molar-refractivity contribution is 5.80. The Bertz CT molecular complexity index is 1080. The van der Waals surface area contributed by atoms with Crippen molar-refractivity contribution in [1.29, 1.82) is 0 Å². The number of carbonyl (C=O) groups excluding carboxylic acids is 1. The lowest BCUT2D eigenvalue weighted by Gasteiger charge is -2.16. The molecule has 0 saturated heterocycles. The van der Waals surface area contributed by atoms with Crippen molar-refractivity contribution in [2.75, 3.05) is 5.73 Å². The maximum atomic E-state index is 14.1. The van der Waals surface area contributed by atoms with Gasteiger partial charge in [-0.25, -0.2) is 8.78 Å². The quantitative estimate of drug-likeness (QED) is 0.756. The Morgan fingerprint density at radius 1 is 1.11 bits per heavy atom. The first-order valence-corrected chi connectivity index (χ1v) is 8.84. The summed E-state index contributed by atoms with van der Waals surface area (Å²) in [7, 11) is 0. The minimum Gasteiger partial charge on any atom is -0.397 e. The highest BCUT2D eigenvalue weighted by atomic mass is 19.1. The lowest BCUT2D eigenvalue weighted by molar-refractivity contribution is -0.131. The van der Waals surface area contributed by atoms with Crippen LogP contribution in [0.5, 0.6) is 0 Å². The summed E-state index contributed by atoms with van der Waals surface area (Å²) in [6.45, 7) is 2.85. The second-order valence-electron chi connectivity index (χ2n) is 6.84. The van der Waals surface area contributed by atoms with Crippen LogP contribution in [-0.4, -0.2) is 20.8 Å². The molecule has 2 N–H and O–H groups in total. The fraction of sp³-hybridized carbons (Fsp3) is 0.190. The third kappa shape index (κ3) is 3.43. The van der Waals surface area contributed by atoms with E-state index >= 15 is 0 Å². The summed E-state index contributed by atoms with van der Waals surface area (Å²) >= 11 is 0. The molecule has 5 nitrogen and oxygen atoms in total. The molecule has 0 fully saturated rings. The zero-order chi connectivity index (χ0) is 19.8. The van der Waals surface area contributed by atoms with Gasteiger partial charge < -0.3 is 10.6 Å². The lowest BCUT2D eigenvalue weighted by atomic mass is 10.1. The van der Waals surface area contributed by atoms with Crippen molar-refractivity contribution >= 4 is 11.6 Å². The van der Waals surface area contributed by atoms with Crippen molar-refractivity contribution in [2.24, 2.45) is 0 Å². The number of aromatic nitrogens is 2.